The van der Waals surface area contributed by atoms with Gasteiger partial charge in [0, 0.05) is 23.1 Å². The highest BCUT2D eigenvalue weighted by molar-refractivity contribution is 9.10. The van der Waals surface area contributed by atoms with Crippen LogP contribution >= 0.6 is 15.9 Å². The molecule has 0 aromatic heterocycles. The number of hydrogen-bond donors (Lipinski definition) is 2. The minimum absolute atomic E-state index is 0.0360. The molecule has 0 bridgehead atoms. The molecule has 0 saturated heterocycles. The molecule has 0 spiro atoms. The van der Waals surface area contributed by atoms with E-state index in [4.69, 9.17) is 4.74 Å². The Morgan fingerprint density at radius 2 is 1.96 bits per heavy atom. The lowest BCUT2D eigenvalue weighted by Gasteiger charge is -2.19. The second-order valence-corrected chi connectivity index (χ2v) is 6.04. The standard InChI is InChI=1S/C18H20BrFN2O2/c1-2-21-10-11-22-18(23)17(13-6-4-3-5-7-13)24-16-9-8-14(19)12-15(16)20/h3-9,12,17,21H,2,10-11H2,1H3,(H,22,23). The third-order valence-electron chi connectivity index (χ3n) is 3.33. The molecule has 1 unspecified atom stereocenters. The van der Waals surface area contributed by atoms with E-state index in [2.05, 4.69) is 26.6 Å². The number of halogens is 2. The largest absolute Gasteiger partial charge is 0.473 e. The molecule has 4 nitrogen and oxygen atoms in total. The summed E-state index contributed by atoms with van der Waals surface area (Å²) in [6, 6.07) is 13.5. The highest BCUT2D eigenvalue weighted by Gasteiger charge is 2.23. The van der Waals surface area contributed by atoms with Gasteiger partial charge < -0.3 is 15.4 Å². The van der Waals surface area contributed by atoms with Gasteiger partial charge in [-0.3, -0.25) is 4.79 Å². The van der Waals surface area contributed by atoms with Crippen molar-refractivity contribution >= 4 is 21.8 Å². The average Bonchev–Trinajstić information content (AvgIpc) is 2.58. The smallest absolute Gasteiger partial charge is 0.265 e. The number of likely N-dealkylation sites (N-methyl/N-ethyl adjacent to an activating group) is 1. The lowest BCUT2D eigenvalue weighted by atomic mass is 10.1. The summed E-state index contributed by atoms with van der Waals surface area (Å²) in [6.45, 7) is 3.96. The number of hydrogen-bond acceptors (Lipinski definition) is 3. The first-order valence-corrected chi connectivity index (χ1v) is 8.56. The number of carbonyl (C=O) groups excluding carboxylic acids is 1. The van der Waals surface area contributed by atoms with E-state index in [0.717, 1.165) is 6.54 Å². The number of ether oxygens (including phenoxy) is 1. The molecule has 24 heavy (non-hydrogen) atoms. The summed E-state index contributed by atoms with van der Waals surface area (Å²) in [5.74, 6) is -0.791. The maximum Gasteiger partial charge on any atom is 0.265 e. The Morgan fingerprint density at radius 1 is 1.21 bits per heavy atom. The number of rotatable bonds is 8. The fraction of sp³-hybridized carbons (Fsp3) is 0.278. The maximum absolute atomic E-state index is 14.0. The molecule has 6 heteroatoms. The molecule has 2 aromatic rings. The van der Waals surface area contributed by atoms with Gasteiger partial charge in [0.15, 0.2) is 11.6 Å². The first-order chi connectivity index (χ1) is 11.6. The Morgan fingerprint density at radius 3 is 2.62 bits per heavy atom. The van der Waals surface area contributed by atoms with Crippen LogP contribution in [0.1, 0.15) is 18.6 Å². The fourth-order valence-corrected chi connectivity index (χ4v) is 2.48. The average molecular weight is 395 g/mol. The highest BCUT2D eigenvalue weighted by Crippen LogP contribution is 2.27. The Hall–Kier alpha value is -1.92. The molecular formula is C18H20BrFN2O2. The molecule has 0 radical (unpaired) electrons. The quantitative estimate of drug-likeness (QED) is 0.674. The zero-order valence-corrected chi connectivity index (χ0v) is 15.0. The maximum atomic E-state index is 14.0. The van der Waals surface area contributed by atoms with Gasteiger partial charge in [-0.05, 0) is 24.7 Å². The van der Waals surface area contributed by atoms with E-state index in [1.807, 2.05) is 25.1 Å². The molecule has 0 saturated carbocycles. The number of nitrogens with one attached hydrogen (secondary N) is 2. The Labute approximate surface area is 149 Å². The Balaban J connectivity index is 2.15. The minimum atomic E-state index is -0.913. The highest BCUT2D eigenvalue weighted by atomic mass is 79.9. The summed E-state index contributed by atoms with van der Waals surface area (Å²) in [5, 5.41) is 5.94. The van der Waals surface area contributed by atoms with Crippen molar-refractivity contribution in [2.75, 3.05) is 19.6 Å². The van der Waals surface area contributed by atoms with Gasteiger partial charge in [0.1, 0.15) is 0 Å². The first kappa shape index (κ1) is 18.4. The van der Waals surface area contributed by atoms with E-state index in [9.17, 15) is 9.18 Å². The van der Waals surface area contributed by atoms with Crippen LogP contribution in [0.5, 0.6) is 5.75 Å². The summed E-state index contributed by atoms with van der Waals surface area (Å²) >= 11 is 3.20. The van der Waals surface area contributed by atoms with Crippen LogP contribution in [0.15, 0.2) is 53.0 Å². The van der Waals surface area contributed by atoms with Crippen LogP contribution in [0.3, 0.4) is 0 Å². The lowest BCUT2D eigenvalue weighted by Crippen LogP contribution is -2.37. The van der Waals surface area contributed by atoms with Gasteiger partial charge in [-0.2, -0.15) is 0 Å². The van der Waals surface area contributed by atoms with Crippen LogP contribution in [0, 0.1) is 5.82 Å². The van der Waals surface area contributed by atoms with Crippen molar-refractivity contribution in [2.45, 2.75) is 13.0 Å². The van der Waals surface area contributed by atoms with Gasteiger partial charge in [-0.25, -0.2) is 4.39 Å². The van der Waals surface area contributed by atoms with Gasteiger partial charge in [0.2, 0.25) is 6.10 Å². The summed E-state index contributed by atoms with van der Waals surface area (Å²) in [4.78, 5) is 12.5. The van der Waals surface area contributed by atoms with E-state index in [-0.39, 0.29) is 11.7 Å². The molecule has 0 aliphatic heterocycles. The third-order valence-corrected chi connectivity index (χ3v) is 3.82. The molecule has 0 aliphatic rings. The summed E-state index contributed by atoms with van der Waals surface area (Å²) in [6.07, 6.45) is -0.913. The molecule has 0 heterocycles. The molecule has 128 valence electrons. The van der Waals surface area contributed by atoms with Crippen molar-refractivity contribution in [3.8, 4) is 5.75 Å². The van der Waals surface area contributed by atoms with E-state index in [0.29, 0.717) is 23.1 Å². The second kappa shape index (κ2) is 9.39. The molecule has 2 aromatic carbocycles. The number of carbonyl (C=O) groups is 1. The van der Waals surface area contributed by atoms with Crippen molar-refractivity contribution in [2.24, 2.45) is 0 Å². The molecule has 0 aliphatic carbocycles. The fourth-order valence-electron chi connectivity index (χ4n) is 2.14. The van der Waals surface area contributed by atoms with Crippen LogP contribution in [0.25, 0.3) is 0 Å². The number of benzene rings is 2. The number of amides is 1. The van der Waals surface area contributed by atoms with E-state index in [1.165, 1.54) is 12.1 Å². The minimum Gasteiger partial charge on any atom is -0.473 e. The first-order valence-electron chi connectivity index (χ1n) is 7.77. The lowest BCUT2D eigenvalue weighted by molar-refractivity contribution is -0.128. The van der Waals surface area contributed by atoms with Gasteiger partial charge in [-0.15, -0.1) is 0 Å². The van der Waals surface area contributed by atoms with Gasteiger partial charge in [0.05, 0.1) is 0 Å². The van der Waals surface area contributed by atoms with Crippen LogP contribution in [0.4, 0.5) is 4.39 Å². The van der Waals surface area contributed by atoms with Crippen molar-refractivity contribution in [1.82, 2.24) is 10.6 Å². The molecule has 1 amide bonds. The van der Waals surface area contributed by atoms with Gasteiger partial charge in [-0.1, -0.05) is 53.2 Å². The van der Waals surface area contributed by atoms with Crippen LogP contribution < -0.4 is 15.4 Å². The molecule has 0 fully saturated rings. The van der Waals surface area contributed by atoms with Crippen molar-refractivity contribution < 1.29 is 13.9 Å². The summed E-state index contributed by atoms with van der Waals surface area (Å²) in [5.41, 5.74) is 0.667. The van der Waals surface area contributed by atoms with E-state index in [1.54, 1.807) is 18.2 Å². The Bertz CT molecular complexity index is 667. The van der Waals surface area contributed by atoms with Crippen molar-refractivity contribution in [1.29, 1.82) is 0 Å². The predicted molar refractivity (Wildman–Crippen MR) is 95.5 cm³/mol. The normalized spacial score (nSPS) is 11.8. The summed E-state index contributed by atoms with van der Waals surface area (Å²) in [7, 11) is 0. The second-order valence-electron chi connectivity index (χ2n) is 5.13. The SMILES string of the molecule is CCNCCNC(=O)C(Oc1ccc(Br)cc1F)c1ccccc1. The van der Waals surface area contributed by atoms with Crippen LogP contribution in [-0.2, 0) is 4.79 Å². The zero-order chi connectivity index (χ0) is 17.4. The molecule has 1 atom stereocenters. The van der Waals surface area contributed by atoms with Crippen molar-refractivity contribution in [3.05, 3.63) is 64.4 Å². The molecule has 2 N–H and O–H groups in total. The van der Waals surface area contributed by atoms with Crippen molar-refractivity contribution in [3.63, 3.8) is 0 Å². The predicted octanol–water partition coefficient (Wildman–Crippen LogP) is 3.43. The van der Waals surface area contributed by atoms with Gasteiger partial charge >= 0.3 is 0 Å². The Kier molecular flexibility index (Phi) is 7.21. The van der Waals surface area contributed by atoms with E-state index < -0.39 is 11.9 Å². The van der Waals surface area contributed by atoms with E-state index >= 15 is 0 Å². The van der Waals surface area contributed by atoms with Crippen LogP contribution in [0.2, 0.25) is 0 Å². The molecular weight excluding hydrogens is 375 g/mol. The third kappa shape index (κ3) is 5.32. The molecule has 2 rings (SSSR count). The van der Waals surface area contributed by atoms with Gasteiger partial charge in [0.25, 0.3) is 5.91 Å². The van der Waals surface area contributed by atoms with Crippen LogP contribution in [-0.4, -0.2) is 25.5 Å². The monoisotopic (exact) mass is 394 g/mol. The summed E-state index contributed by atoms with van der Waals surface area (Å²) < 4.78 is 20.3. The zero-order valence-electron chi connectivity index (χ0n) is 13.4. The topological polar surface area (TPSA) is 50.4 Å².